The lowest BCUT2D eigenvalue weighted by Crippen LogP contribution is -2.32. The van der Waals surface area contributed by atoms with Gasteiger partial charge in [-0.25, -0.2) is 0 Å². The second-order valence-corrected chi connectivity index (χ2v) is 7.41. The molecule has 4 aromatic rings. The van der Waals surface area contributed by atoms with Crippen molar-refractivity contribution in [3.8, 4) is 34.5 Å². The number of benzene rings is 2. The van der Waals surface area contributed by atoms with Gasteiger partial charge in [0.25, 0.3) is 5.91 Å². The molecule has 0 aliphatic rings. The topological polar surface area (TPSA) is 109 Å². The molecule has 0 saturated heterocycles. The molecule has 0 aliphatic carbocycles. The number of aromatic nitrogens is 4. The Morgan fingerprint density at radius 2 is 1.76 bits per heavy atom. The molecule has 2 aromatic heterocycles. The number of hydrogen-bond acceptors (Lipinski definition) is 8. The summed E-state index contributed by atoms with van der Waals surface area (Å²) in [5.41, 5.74) is 1.25. The molecule has 0 fully saturated rings. The van der Waals surface area contributed by atoms with Gasteiger partial charge in [-0.2, -0.15) is 4.52 Å². The van der Waals surface area contributed by atoms with Crippen molar-refractivity contribution in [3.63, 3.8) is 0 Å². The first-order valence-electron chi connectivity index (χ1n) is 10.3. The highest BCUT2D eigenvalue weighted by Gasteiger charge is 2.16. The van der Waals surface area contributed by atoms with Crippen LogP contribution in [0, 0.1) is 0 Å². The Hall–Kier alpha value is -4.05. The number of carbonyl (C=O) groups is 1. The highest BCUT2D eigenvalue weighted by molar-refractivity contribution is 6.30. The molecule has 0 radical (unpaired) electrons. The average molecular weight is 484 g/mol. The Labute approximate surface area is 200 Å². The number of methoxy groups -OCH3 is 2. The van der Waals surface area contributed by atoms with Gasteiger partial charge in [0.05, 0.1) is 26.3 Å². The molecule has 0 aliphatic heterocycles. The van der Waals surface area contributed by atoms with Gasteiger partial charge in [-0.05, 0) is 42.5 Å². The third kappa shape index (κ3) is 5.46. The smallest absolute Gasteiger partial charge is 0.258 e. The number of halogens is 1. The van der Waals surface area contributed by atoms with E-state index in [1.807, 2.05) is 6.07 Å². The number of nitrogens with one attached hydrogen (secondary N) is 1. The summed E-state index contributed by atoms with van der Waals surface area (Å²) in [6.45, 7) is 0.387. The SMILES string of the molecule is COc1ccc(-c2nnc3ccc(OCCNC(=O)COc4ccc(Cl)cc4)nn23)c(OC)c1. The minimum atomic E-state index is -0.269. The van der Waals surface area contributed by atoms with Crippen LogP contribution in [-0.4, -0.2) is 59.7 Å². The zero-order chi connectivity index (χ0) is 23.9. The van der Waals surface area contributed by atoms with Gasteiger partial charge in [-0.15, -0.1) is 15.3 Å². The summed E-state index contributed by atoms with van der Waals surface area (Å²) in [5, 5.41) is 16.2. The van der Waals surface area contributed by atoms with Crippen molar-refractivity contribution in [1.82, 2.24) is 25.1 Å². The molecule has 34 heavy (non-hydrogen) atoms. The van der Waals surface area contributed by atoms with Gasteiger partial charge in [-0.1, -0.05) is 11.6 Å². The van der Waals surface area contributed by atoms with Crippen molar-refractivity contribution in [2.24, 2.45) is 0 Å². The Morgan fingerprint density at radius 1 is 0.971 bits per heavy atom. The molecular formula is C23H22ClN5O5. The van der Waals surface area contributed by atoms with Gasteiger partial charge in [0.15, 0.2) is 18.1 Å². The van der Waals surface area contributed by atoms with E-state index in [-0.39, 0.29) is 25.7 Å². The van der Waals surface area contributed by atoms with Crippen molar-refractivity contribution in [3.05, 3.63) is 59.6 Å². The van der Waals surface area contributed by atoms with Crippen LogP contribution in [0.2, 0.25) is 5.02 Å². The molecule has 11 heteroatoms. The fraction of sp³-hybridized carbons (Fsp3) is 0.217. The second kappa shape index (κ2) is 10.7. The summed E-state index contributed by atoms with van der Waals surface area (Å²) >= 11 is 5.83. The van der Waals surface area contributed by atoms with E-state index >= 15 is 0 Å². The number of carbonyl (C=O) groups excluding carboxylic acids is 1. The van der Waals surface area contributed by atoms with Gasteiger partial charge in [0, 0.05) is 17.2 Å². The van der Waals surface area contributed by atoms with Crippen molar-refractivity contribution >= 4 is 23.2 Å². The monoisotopic (exact) mass is 483 g/mol. The van der Waals surface area contributed by atoms with E-state index in [1.165, 1.54) is 0 Å². The largest absolute Gasteiger partial charge is 0.497 e. The maximum absolute atomic E-state index is 12.0. The van der Waals surface area contributed by atoms with E-state index in [4.69, 9.17) is 30.5 Å². The predicted molar refractivity (Wildman–Crippen MR) is 125 cm³/mol. The fourth-order valence-electron chi connectivity index (χ4n) is 3.08. The molecule has 1 N–H and O–H groups in total. The van der Waals surface area contributed by atoms with Crippen molar-refractivity contribution in [2.45, 2.75) is 0 Å². The molecule has 176 valence electrons. The molecule has 2 aromatic carbocycles. The summed E-state index contributed by atoms with van der Waals surface area (Å²) in [5.74, 6) is 2.37. The van der Waals surface area contributed by atoms with Gasteiger partial charge in [-0.3, -0.25) is 4.79 Å². The van der Waals surface area contributed by atoms with Crippen molar-refractivity contribution in [2.75, 3.05) is 34.0 Å². The van der Waals surface area contributed by atoms with Crippen LogP contribution in [0.5, 0.6) is 23.1 Å². The molecule has 4 rings (SSSR count). The first kappa shape index (κ1) is 23.1. The van der Waals surface area contributed by atoms with Crippen LogP contribution in [-0.2, 0) is 4.79 Å². The number of ether oxygens (including phenoxy) is 4. The summed E-state index contributed by atoms with van der Waals surface area (Å²) in [6, 6.07) is 15.6. The van der Waals surface area contributed by atoms with Crippen LogP contribution >= 0.6 is 11.6 Å². The molecule has 0 unspecified atom stereocenters. The zero-order valence-electron chi connectivity index (χ0n) is 18.5. The van der Waals surface area contributed by atoms with Gasteiger partial charge in [0.1, 0.15) is 23.9 Å². The number of nitrogens with zero attached hydrogens (tertiary/aromatic N) is 4. The van der Waals surface area contributed by atoms with Crippen LogP contribution in [0.1, 0.15) is 0 Å². The summed E-state index contributed by atoms with van der Waals surface area (Å²) in [4.78, 5) is 12.0. The van der Waals surface area contributed by atoms with Crippen LogP contribution in [0.25, 0.3) is 17.0 Å². The van der Waals surface area contributed by atoms with Crippen LogP contribution in [0.3, 0.4) is 0 Å². The molecule has 1 amide bonds. The van der Waals surface area contributed by atoms with Crippen molar-refractivity contribution < 1.29 is 23.7 Å². The number of fused-ring (bicyclic) bond motifs is 1. The summed E-state index contributed by atoms with van der Waals surface area (Å²) in [6.07, 6.45) is 0. The van der Waals surface area contributed by atoms with E-state index in [2.05, 4.69) is 20.6 Å². The highest BCUT2D eigenvalue weighted by atomic mass is 35.5. The van der Waals surface area contributed by atoms with Gasteiger partial charge in [0.2, 0.25) is 5.88 Å². The zero-order valence-corrected chi connectivity index (χ0v) is 19.3. The van der Waals surface area contributed by atoms with Crippen LogP contribution in [0.15, 0.2) is 54.6 Å². The first-order valence-corrected chi connectivity index (χ1v) is 10.7. The standard InChI is InChI=1S/C23H22ClN5O5/c1-31-17-7-8-18(19(13-17)32-2)23-27-26-20-9-10-22(28-29(20)23)33-12-11-25-21(30)14-34-16-5-3-15(24)4-6-16/h3-10,13H,11-12,14H2,1-2H3,(H,25,30). The molecule has 0 spiro atoms. The minimum Gasteiger partial charge on any atom is -0.497 e. The Kier molecular flexibility index (Phi) is 7.28. The van der Waals surface area contributed by atoms with E-state index in [0.29, 0.717) is 45.2 Å². The van der Waals surface area contributed by atoms with E-state index in [1.54, 1.807) is 67.3 Å². The predicted octanol–water partition coefficient (Wildman–Crippen LogP) is 3.04. The summed E-state index contributed by atoms with van der Waals surface area (Å²) in [7, 11) is 3.15. The molecular weight excluding hydrogens is 462 g/mol. The molecule has 0 bridgehead atoms. The lowest BCUT2D eigenvalue weighted by Gasteiger charge is -2.10. The number of rotatable bonds is 10. The first-order chi connectivity index (χ1) is 16.6. The van der Waals surface area contributed by atoms with E-state index < -0.39 is 0 Å². The Balaban J connectivity index is 1.34. The normalized spacial score (nSPS) is 10.7. The molecule has 10 nitrogen and oxygen atoms in total. The maximum atomic E-state index is 12.0. The third-order valence-corrected chi connectivity index (χ3v) is 5.00. The highest BCUT2D eigenvalue weighted by Crippen LogP contribution is 2.32. The minimum absolute atomic E-state index is 0.112. The molecule has 0 saturated carbocycles. The lowest BCUT2D eigenvalue weighted by molar-refractivity contribution is -0.123. The Morgan fingerprint density at radius 3 is 2.53 bits per heavy atom. The summed E-state index contributed by atoms with van der Waals surface area (Å²) < 4.78 is 23.4. The number of hydrogen-bond donors (Lipinski definition) is 1. The van der Waals surface area contributed by atoms with E-state index in [9.17, 15) is 4.79 Å². The van der Waals surface area contributed by atoms with E-state index in [0.717, 1.165) is 0 Å². The number of amides is 1. The van der Waals surface area contributed by atoms with Crippen molar-refractivity contribution in [1.29, 1.82) is 0 Å². The van der Waals surface area contributed by atoms with Crippen LogP contribution < -0.4 is 24.3 Å². The quantitative estimate of drug-likeness (QED) is 0.343. The lowest BCUT2D eigenvalue weighted by atomic mass is 10.2. The molecule has 0 atom stereocenters. The third-order valence-electron chi connectivity index (χ3n) is 4.75. The van der Waals surface area contributed by atoms with Gasteiger partial charge >= 0.3 is 0 Å². The molecule has 2 heterocycles. The van der Waals surface area contributed by atoms with Crippen LogP contribution in [0.4, 0.5) is 0 Å². The van der Waals surface area contributed by atoms with Gasteiger partial charge < -0.3 is 24.3 Å². The average Bonchev–Trinajstić information content (AvgIpc) is 3.29. The maximum Gasteiger partial charge on any atom is 0.258 e. The Bertz CT molecular complexity index is 1280. The second-order valence-electron chi connectivity index (χ2n) is 6.97. The fourth-order valence-corrected chi connectivity index (χ4v) is 3.20.